The number of rotatable bonds is 6. The molecule has 8 aromatic rings. The summed E-state index contributed by atoms with van der Waals surface area (Å²) in [6, 6.07) is 53.6. The highest BCUT2D eigenvalue weighted by Gasteiger charge is 2.17. The highest BCUT2D eigenvalue weighted by atomic mass is 14.6. The van der Waals surface area contributed by atoms with Crippen LogP contribution in [0.25, 0.3) is 76.8 Å². The molecule has 0 aliphatic rings. The molecule has 8 rings (SSSR count). The fourth-order valence-electron chi connectivity index (χ4n) is 7.04. The molecule has 0 unspecified atom stereocenters. The van der Waals surface area contributed by atoms with Crippen molar-refractivity contribution in [2.45, 2.75) is 20.3 Å². The van der Waals surface area contributed by atoms with Crippen molar-refractivity contribution in [2.24, 2.45) is 5.92 Å². The quantitative estimate of drug-likeness (QED) is 0.176. The summed E-state index contributed by atoms with van der Waals surface area (Å²) >= 11 is 0. The average molecular weight is 590 g/mol. The minimum absolute atomic E-state index is 0.632. The van der Waals surface area contributed by atoms with Crippen LogP contribution in [-0.4, -0.2) is 4.98 Å². The largest absolute Gasteiger partial charge is 0.264 e. The molecule has 220 valence electrons. The molecule has 0 saturated carbocycles. The normalized spacial score (nSPS) is 11.5. The zero-order chi connectivity index (χ0) is 31.0. The minimum atomic E-state index is 0.632. The second kappa shape index (κ2) is 11.8. The molecule has 0 amide bonds. The van der Waals surface area contributed by atoms with E-state index in [0.717, 1.165) is 12.0 Å². The van der Waals surface area contributed by atoms with Gasteiger partial charge in [-0.05, 0) is 107 Å². The van der Waals surface area contributed by atoms with E-state index >= 15 is 0 Å². The summed E-state index contributed by atoms with van der Waals surface area (Å²) in [4.78, 5) is 4.31. The van der Waals surface area contributed by atoms with Gasteiger partial charge in [-0.15, -0.1) is 0 Å². The smallest absolute Gasteiger partial charge is 0.0346 e. The maximum absolute atomic E-state index is 4.31. The molecule has 1 aromatic heterocycles. The summed E-state index contributed by atoms with van der Waals surface area (Å²) in [6.07, 6.45) is 4.83. The van der Waals surface area contributed by atoms with Crippen LogP contribution in [-0.2, 0) is 6.42 Å². The van der Waals surface area contributed by atoms with Crippen molar-refractivity contribution in [1.82, 2.24) is 4.98 Å². The zero-order valence-electron chi connectivity index (χ0n) is 26.2. The number of fused-ring (bicyclic) bond motifs is 3. The summed E-state index contributed by atoms with van der Waals surface area (Å²) in [5.74, 6) is 0.632. The Balaban J connectivity index is 1.27. The lowest BCUT2D eigenvalue weighted by molar-refractivity contribution is 0.648. The number of pyridine rings is 1. The molecule has 46 heavy (non-hydrogen) atoms. The molecule has 0 aliphatic carbocycles. The van der Waals surface area contributed by atoms with Gasteiger partial charge in [-0.1, -0.05) is 141 Å². The van der Waals surface area contributed by atoms with Gasteiger partial charge in [0.1, 0.15) is 0 Å². The van der Waals surface area contributed by atoms with E-state index in [-0.39, 0.29) is 0 Å². The van der Waals surface area contributed by atoms with Crippen LogP contribution in [0, 0.1) is 5.92 Å². The van der Waals surface area contributed by atoms with Crippen molar-refractivity contribution in [1.29, 1.82) is 0 Å². The summed E-state index contributed by atoms with van der Waals surface area (Å²) in [7, 11) is 0. The minimum Gasteiger partial charge on any atom is -0.264 e. The standard InChI is InChI=1S/C45H35N/c1-30(2)25-31-16-17-33-20-23-37(28-39(33)26-31)45-42-14-5-3-12-40(42)44(41-13-4-6-15-43(41)45)34-21-18-32(19-22-34)35-9-7-10-36(27-35)38-11-8-24-46-29-38/h3-24,26-30H,25H2,1-2H3. The Morgan fingerprint density at radius 2 is 1.00 bits per heavy atom. The molecular formula is C45H35N. The van der Waals surface area contributed by atoms with Crippen LogP contribution in [0.5, 0.6) is 0 Å². The van der Waals surface area contributed by atoms with Crippen LogP contribution in [0.3, 0.4) is 0 Å². The average Bonchev–Trinajstić information content (AvgIpc) is 3.10. The number of aromatic nitrogens is 1. The van der Waals surface area contributed by atoms with Gasteiger partial charge in [-0.3, -0.25) is 4.98 Å². The predicted octanol–water partition coefficient (Wildman–Crippen LogP) is 12.4. The Labute approximate surface area is 270 Å². The molecule has 0 atom stereocenters. The van der Waals surface area contributed by atoms with Crippen LogP contribution in [0.15, 0.2) is 158 Å². The first-order chi connectivity index (χ1) is 22.6. The molecule has 0 fully saturated rings. The zero-order valence-corrected chi connectivity index (χ0v) is 26.2. The number of benzene rings is 7. The maximum atomic E-state index is 4.31. The Kier molecular flexibility index (Phi) is 7.15. The third kappa shape index (κ3) is 5.14. The van der Waals surface area contributed by atoms with E-state index in [9.17, 15) is 0 Å². The van der Waals surface area contributed by atoms with E-state index in [1.807, 2.05) is 18.5 Å². The van der Waals surface area contributed by atoms with Crippen LogP contribution in [0.1, 0.15) is 19.4 Å². The number of hydrogen-bond acceptors (Lipinski definition) is 1. The van der Waals surface area contributed by atoms with Gasteiger partial charge < -0.3 is 0 Å². The molecule has 0 radical (unpaired) electrons. The second-order valence-corrected chi connectivity index (χ2v) is 12.7. The van der Waals surface area contributed by atoms with Gasteiger partial charge in [0.05, 0.1) is 0 Å². The Morgan fingerprint density at radius 3 is 1.63 bits per heavy atom. The first-order valence-electron chi connectivity index (χ1n) is 16.2. The van der Waals surface area contributed by atoms with Gasteiger partial charge in [-0.25, -0.2) is 0 Å². The molecular weight excluding hydrogens is 555 g/mol. The first kappa shape index (κ1) is 28.0. The monoisotopic (exact) mass is 589 g/mol. The molecule has 1 heterocycles. The second-order valence-electron chi connectivity index (χ2n) is 12.7. The lowest BCUT2D eigenvalue weighted by Gasteiger charge is -2.18. The number of hydrogen-bond donors (Lipinski definition) is 0. The van der Waals surface area contributed by atoms with E-state index in [1.165, 1.54) is 76.8 Å². The summed E-state index contributed by atoms with van der Waals surface area (Å²) < 4.78 is 0. The van der Waals surface area contributed by atoms with Gasteiger partial charge >= 0.3 is 0 Å². The molecule has 0 spiro atoms. The topological polar surface area (TPSA) is 12.9 Å². The third-order valence-corrected chi connectivity index (χ3v) is 9.13. The highest BCUT2D eigenvalue weighted by Crippen LogP contribution is 2.44. The first-order valence-corrected chi connectivity index (χ1v) is 16.2. The Hall–Kier alpha value is -5.53. The lowest BCUT2D eigenvalue weighted by Crippen LogP contribution is -1.94. The van der Waals surface area contributed by atoms with E-state index in [1.54, 1.807) is 0 Å². The molecule has 7 aromatic carbocycles. The summed E-state index contributed by atoms with van der Waals surface area (Å²) in [5, 5.41) is 7.69. The predicted molar refractivity (Wildman–Crippen MR) is 197 cm³/mol. The maximum Gasteiger partial charge on any atom is 0.0346 e. The van der Waals surface area contributed by atoms with Crippen molar-refractivity contribution in [3.05, 3.63) is 164 Å². The number of nitrogens with zero attached hydrogens (tertiary/aromatic N) is 1. The Morgan fingerprint density at radius 1 is 0.435 bits per heavy atom. The molecule has 0 aliphatic heterocycles. The lowest BCUT2D eigenvalue weighted by atomic mass is 9.85. The summed E-state index contributed by atoms with van der Waals surface area (Å²) in [6.45, 7) is 4.57. The van der Waals surface area contributed by atoms with Gasteiger partial charge in [0.2, 0.25) is 0 Å². The van der Waals surface area contributed by atoms with Crippen molar-refractivity contribution >= 4 is 32.3 Å². The van der Waals surface area contributed by atoms with Crippen LogP contribution >= 0.6 is 0 Å². The van der Waals surface area contributed by atoms with E-state index in [0.29, 0.717) is 5.92 Å². The van der Waals surface area contributed by atoms with Gasteiger partial charge in [0.25, 0.3) is 0 Å². The van der Waals surface area contributed by atoms with Crippen LogP contribution in [0.2, 0.25) is 0 Å². The third-order valence-electron chi connectivity index (χ3n) is 9.13. The van der Waals surface area contributed by atoms with Crippen molar-refractivity contribution in [3.63, 3.8) is 0 Å². The fourth-order valence-corrected chi connectivity index (χ4v) is 7.04. The molecule has 0 saturated heterocycles. The molecule has 0 bridgehead atoms. The van der Waals surface area contributed by atoms with E-state index < -0.39 is 0 Å². The van der Waals surface area contributed by atoms with Gasteiger partial charge in [-0.2, -0.15) is 0 Å². The molecule has 1 nitrogen and oxygen atoms in total. The van der Waals surface area contributed by atoms with Crippen molar-refractivity contribution in [3.8, 4) is 44.5 Å². The van der Waals surface area contributed by atoms with Crippen LogP contribution < -0.4 is 0 Å². The summed E-state index contributed by atoms with van der Waals surface area (Å²) in [5.41, 5.74) is 11.2. The van der Waals surface area contributed by atoms with Gasteiger partial charge in [0, 0.05) is 18.0 Å². The van der Waals surface area contributed by atoms with Crippen molar-refractivity contribution in [2.75, 3.05) is 0 Å². The molecule has 0 N–H and O–H groups in total. The van der Waals surface area contributed by atoms with Gasteiger partial charge in [0.15, 0.2) is 0 Å². The van der Waals surface area contributed by atoms with E-state index in [4.69, 9.17) is 0 Å². The highest BCUT2D eigenvalue weighted by molar-refractivity contribution is 6.21. The van der Waals surface area contributed by atoms with Crippen LogP contribution in [0.4, 0.5) is 0 Å². The molecule has 1 heteroatoms. The van der Waals surface area contributed by atoms with E-state index in [2.05, 4.69) is 158 Å². The Bertz CT molecular complexity index is 2290. The van der Waals surface area contributed by atoms with Crippen molar-refractivity contribution < 1.29 is 0 Å². The fraction of sp³-hybridized carbons (Fsp3) is 0.0889. The SMILES string of the molecule is CC(C)Cc1ccc2ccc(-c3c4ccccc4c(-c4ccc(-c5cccc(-c6cccnc6)c5)cc4)c4ccccc34)cc2c1.